The monoisotopic (exact) mass is 290 g/mol. The fourth-order valence-corrected chi connectivity index (χ4v) is 2.76. The number of rotatable bonds is 5. The van der Waals surface area contributed by atoms with Crippen LogP contribution >= 0.6 is 0 Å². The van der Waals surface area contributed by atoms with Gasteiger partial charge in [0.15, 0.2) is 0 Å². The molecular weight excluding hydrogens is 264 g/mol. The molecule has 1 aliphatic rings. The number of aliphatic hydroxyl groups excluding tert-OH is 1. The van der Waals surface area contributed by atoms with Gasteiger partial charge in [0.1, 0.15) is 0 Å². The maximum absolute atomic E-state index is 12.5. The average molecular weight is 290 g/mol. The quantitative estimate of drug-likeness (QED) is 0.876. The highest BCUT2D eigenvalue weighted by molar-refractivity contribution is 5.95. The van der Waals surface area contributed by atoms with Crippen LogP contribution < -0.4 is 5.32 Å². The summed E-state index contributed by atoms with van der Waals surface area (Å²) in [4.78, 5) is 14.4. The predicted molar refractivity (Wildman–Crippen MR) is 85.7 cm³/mol. The lowest BCUT2D eigenvalue weighted by molar-refractivity contribution is 0.0651. The molecule has 0 saturated carbocycles. The SMILES string of the molecule is CCCNc1ccc(C(=O)N2CCC(CO)CC2)cc1C. The smallest absolute Gasteiger partial charge is 0.253 e. The third-order valence-corrected chi connectivity index (χ3v) is 4.20. The molecule has 116 valence electrons. The molecule has 0 unspecified atom stereocenters. The number of piperidine rings is 1. The fraction of sp³-hybridized carbons (Fsp3) is 0.588. The molecule has 0 spiro atoms. The molecule has 1 aromatic carbocycles. The van der Waals surface area contributed by atoms with Gasteiger partial charge in [-0.05, 0) is 55.9 Å². The van der Waals surface area contributed by atoms with Gasteiger partial charge in [0.2, 0.25) is 0 Å². The first-order valence-corrected chi connectivity index (χ1v) is 7.90. The minimum absolute atomic E-state index is 0.108. The molecular formula is C17H26N2O2. The minimum Gasteiger partial charge on any atom is -0.396 e. The van der Waals surface area contributed by atoms with Gasteiger partial charge in [0, 0.05) is 37.5 Å². The Hall–Kier alpha value is -1.55. The predicted octanol–water partition coefficient (Wildman–Crippen LogP) is 2.66. The summed E-state index contributed by atoms with van der Waals surface area (Å²) in [6, 6.07) is 5.88. The van der Waals surface area contributed by atoms with Gasteiger partial charge in [-0.3, -0.25) is 4.79 Å². The van der Waals surface area contributed by atoms with Crippen molar-refractivity contribution in [1.82, 2.24) is 4.90 Å². The first-order chi connectivity index (χ1) is 10.2. The van der Waals surface area contributed by atoms with Crippen molar-refractivity contribution in [2.45, 2.75) is 33.1 Å². The zero-order valence-corrected chi connectivity index (χ0v) is 13.1. The standard InChI is InChI=1S/C17H26N2O2/c1-3-8-18-16-5-4-15(11-13(16)2)17(21)19-9-6-14(12-20)7-10-19/h4-5,11,14,18,20H,3,6-10,12H2,1-2H3. The number of aryl methyl sites for hydroxylation is 1. The largest absolute Gasteiger partial charge is 0.396 e. The topological polar surface area (TPSA) is 52.6 Å². The van der Waals surface area contributed by atoms with E-state index in [4.69, 9.17) is 5.11 Å². The molecule has 4 heteroatoms. The van der Waals surface area contributed by atoms with E-state index in [0.29, 0.717) is 5.92 Å². The molecule has 2 N–H and O–H groups in total. The number of hydrogen-bond donors (Lipinski definition) is 2. The summed E-state index contributed by atoms with van der Waals surface area (Å²) in [5.74, 6) is 0.466. The van der Waals surface area contributed by atoms with Gasteiger partial charge >= 0.3 is 0 Å². The van der Waals surface area contributed by atoms with Gasteiger partial charge < -0.3 is 15.3 Å². The molecule has 0 bridgehead atoms. The molecule has 2 rings (SSSR count). The summed E-state index contributed by atoms with van der Waals surface area (Å²) < 4.78 is 0. The molecule has 1 aromatic rings. The van der Waals surface area contributed by atoms with E-state index in [1.807, 2.05) is 30.0 Å². The van der Waals surface area contributed by atoms with Gasteiger partial charge in [-0.1, -0.05) is 6.92 Å². The molecule has 4 nitrogen and oxygen atoms in total. The van der Waals surface area contributed by atoms with Crippen molar-refractivity contribution in [2.24, 2.45) is 5.92 Å². The highest BCUT2D eigenvalue weighted by Crippen LogP contribution is 2.21. The highest BCUT2D eigenvalue weighted by Gasteiger charge is 2.23. The minimum atomic E-state index is 0.108. The number of likely N-dealkylation sites (tertiary alicyclic amines) is 1. The van der Waals surface area contributed by atoms with E-state index in [2.05, 4.69) is 12.2 Å². The maximum Gasteiger partial charge on any atom is 0.253 e. The summed E-state index contributed by atoms with van der Waals surface area (Å²) in [5.41, 5.74) is 2.98. The summed E-state index contributed by atoms with van der Waals surface area (Å²) in [7, 11) is 0. The third-order valence-electron chi connectivity index (χ3n) is 4.20. The average Bonchev–Trinajstić information content (AvgIpc) is 2.53. The number of carbonyl (C=O) groups is 1. The molecule has 0 aromatic heterocycles. The Balaban J connectivity index is 2.01. The Labute approximate surface area is 127 Å². The molecule has 1 saturated heterocycles. The van der Waals surface area contributed by atoms with Gasteiger partial charge in [-0.2, -0.15) is 0 Å². The van der Waals surface area contributed by atoms with Crippen molar-refractivity contribution < 1.29 is 9.90 Å². The van der Waals surface area contributed by atoms with Crippen LogP contribution in [0.15, 0.2) is 18.2 Å². The lowest BCUT2D eigenvalue weighted by Gasteiger charge is -2.31. The summed E-state index contributed by atoms with van der Waals surface area (Å²) in [6.45, 7) is 6.85. The van der Waals surface area contributed by atoms with E-state index in [1.54, 1.807) is 0 Å². The number of aliphatic hydroxyl groups is 1. The van der Waals surface area contributed by atoms with Crippen molar-refractivity contribution >= 4 is 11.6 Å². The number of nitrogens with one attached hydrogen (secondary N) is 1. The molecule has 21 heavy (non-hydrogen) atoms. The van der Waals surface area contributed by atoms with Crippen LogP contribution in [0.5, 0.6) is 0 Å². The van der Waals surface area contributed by atoms with E-state index in [9.17, 15) is 4.79 Å². The zero-order valence-electron chi connectivity index (χ0n) is 13.1. The summed E-state index contributed by atoms with van der Waals surface area (Å²) >= 11 is 0. The van der Waals surface area contributed by atoms with Gasteiger partial charge in [0.25, 0.3) is 5.91 Å². The maximum atomic E-state index is 12.5. The van der Waals surface area contributed by atoms with Crippen molar-refractivity contribution in [3.8, 4) is 0 Å². The molecule has 0 atom stereocenters. The van der Waals surface area contributed by atoms with Gasteiger partial charge in [-0.25, -0.2) is 0 Å². The Morgan fingerprint density at radius 2 is 2.10 bits per heavy atom. The second-order valence-corrected chi connectivity index (χ2v) is 5.87. The van der Waals surface area contributed by atoms with E-state index in [1.165, 1.54) is 0 Å². The van der Waals surface area contributed by atoms with E-state index in [-0.39, 0.29) is 12.5 Å². The van der Waals surface area contributed by atoms with E-state index in [0.717, 1.165) is 55.7 Å². The normalized spacial score (nSPS) is 16.0. The third kappa shape index (κ3) is 3.97. The van der Waals surface area contributed by atoms with Crippen molar-refractivity contribution in [3.63, 3.8) is 0 Å². The van der Waals surface area contributed by atoms with Crippen molar-refractivity contribution in [3.05, 3.63) is 29.3 Å². The summed E-state index contributed by atoms with van der Waals surface area (Å²) in [5, 5.41) is 12.5. The highest BCUT2D eigenvalue weighted by atomic mass is 16.3. The molecule has 1 aliphatic heterocycles. The van der Waals surface area contributed by atoms with Crippen LogP contribution in [0.2, 0.25) is 0 Å². The van der Waals surface area contributed by atoms with Crippen LogP contribution in [-0.2, 0) is 0 Å². The van der Waals surface area contributed by atoms with Gasteiger partial charge in [-0.15, -0.1) is 0 Å². The molecule has 1 fully saturated rings. The van der Waals surface area contributed by atoms with Crippen LogP contribution in [0.25, 0.3) is 0 Å². The van der Waals surface area contributed by atoms with Crippen LogP contribution in [0.1, 0.15) is 42.1 Å². The Morgan fingerprint density at radius 3 is 2.67 bits per heavy atom. The Bertz CT molecular complexity index is 480. The van der Waals surface area contributed by atoms with E-state index < -0.39 is 0 Å². The number of hydrogen-bond acceptors (Lipinski definition) is 3. The van der Waals surface area contributed by atoms with Crippen LogP contribution in [0, 0.1) is 12.8 Å². The van der Waals surface area contributed by atoms with Crippen molar-refractivity contribution in [1.29, 1.82) is 0 Å². The number of nitrogens with zero attached hydrogens (tertiary/aromatic N) is 1. The first-order valence-electron chi connectivity index (χ1n) is 7.90. The van der Waals surface area contributed by atoms with Crippen LogP contribution in [0.4, 0.5) is 5.69 Å². The molecule has 0 aliphatic carbocycles. The first kappa shape index (κ1) is 15.8. The fourth-order valence-electron chi connectivity index (χ4n) is 2.76. The van der Waals surface area contributed by atoms with Gasteiger partial charge in [0.05, 0.1) is 0 Å². The van der Waals surface area contributed by atoms with Crippen molar-refractivity contribution in [2.75, 3.05) is 31.6 Å². The molecule has 1 amide bonds. The lowest BCUT2D eigenvalue weighted by atomic mass is 9.97. The van der Waals surface area contributed by atoms with Crippen LogP contribution in [0.3, 0.4) is 0 Å². The van der Waals surface area contributed by atoms with Crippen LogP contribution in [-0.4, -0.2) is 42.2 Å². The lowest BCUT2D eigenvalue weighted by Crippen LogP contribution is -2.39. The molecule has 0 radical (unpaired) electrons. The zero-order chi connectivity index (χ0) is 15.2. The Morgan fingerprint density at radius 1 is 1.38 bits per heavy atom. The number of benzene rings is 1. The second kappa shape index (κ2) is 7.46. The number of amides is 1. The number of carbonyl (C=O) groups excluding carboxylic acids is 1. The summed E-state index contributed by atoms with van der Waals surface area (Å²) in [6.07, 6.45) is 2.88. The van der Waals surface area contributed by atoms with E-state index >= 15 is 0 Å². The number of anilines is 1. The second-order valence-electron chi connectivity index (χ2n) is 5.87. The molecule has 1 heterocycles. The Kier molecular flexibility index (Phi) is 5.62.